The van der Waals surface area contributed by atoms with E-state index in [1.165, 1.54) is 12.1 Å². The molecule has 0 heterocycles. The third-order valence-electron chi connectivity index (χ3n) is 3.19. The van der Waals surface area contributed by atoms with E-state index in [0.29, 0.717) is 12.9 Å². The van der Waals surface area contributed by atoms with Gasteiger partial charge >= 0.3 is 13.7 Å². The van der Waals surface area contributed by atoms with E-state index in [4.69, 9.17) is 18.7 Å². The van der Waals surface area contributed by atoms with Gasteiger partial charge in [-0.25, -0.2) is 9.36 Å². The van der Waals surface area contributed by atoms with Gasteiger partial charge in [0.05, 0.1) is 13.2 Å². The molecule has 1 unspecified atom stereocenters. The Morgan fingerprint density at radius 1 is 1.29 bits per heavy atom. The third kappa shape index (κ3) is 8.92. The van der Waals surface area contributed by atoms with Crippen LogP contribution in [0.25, 0.3) is 0 Å². The molecule has 0 aliphatic carbocycles. The maximum atomic E-state index is 11.9. The van der Waals surface area contributed by atoms with Gasteiger partial charge in [0, 0.05) is 0 Å². The zero-order chi connectivity index (χ0) is 20.8. The molecule has 1 amide bonds. The highest BCUT2D eigenvalue weighted by atomic mass is 31.2. The zero-order valence-corrected chi connectivity index (χ0v) is 16.7. The Morgan fingerprint density at radius 2 is 2.04 bits per heavy atom. The second-order valence-corrected chi connectivity index (χ2v) is 7.35. The van der Waals surface area contributed by atoms with Crippen LogP contribution in [0.15, 0.2) is 30.9 Å². The predicted molar refractivity (Wildman–Crippen MR) is 103 cm³/mol. The van der Waals surface area contributed by atoms with Crippen LogP contribution in [0.5, 0.6) is 17.2 Å². The summed E-state index contributed by atoms with van der Waals surface area (Å²) in [6.45, 7) is 6.27. The second kappa shape index (κ2) is 12.8. The van der Waals surface area contributed by atoms with Gasteiger partial charge in [0.25, 0.3) is 0 Å². The molecule has 9 nitrogen and oxygen atoms in total. The van der Waals surface area contributed by atoms with Crippen LogP contribution in [0.4, 0.5) is 4.79 Å². The molecule has 1 aromatic carbocycles. The van der Waals surface area contributed by atoms with Gasteiger partial charge in [-0.15, -0.1) is 0 Å². The smallest absolute Gasteiger partial charge is 0.407 e. The molecule has 0 saturated carbocycles. The molecule has 1 rings (SSSR count). The lowest BCUT2D eigenvalue weighted by Crippen LogP contribution is -2.29. The van der Waals surface area contributed by atoms with Crippen LogP contribution in [-0.2, 0) is 14.1 Å². The molecule has 0 saturated heterocycles. The fraction of sp³-hybridized carbons (Fsp3) is 0.444. The summed E-state index contributed by atoms with van der Waals surface area (Å²) < 4.78 is 33.0. The van der Waals surface area contributed by atoms with Crippen molar-refractivity contribution >= 4 is 20.0 Å². The summed E-state index contributed by atoms with van der Waals surface area (Å²) in [5, 5.41) is 2.55. The van der Waals surface area contributed by atoms with Crippen molar-refractivity contribution in [1.82, 2.24) is 5.32 Å². The number of benzene rings is 1. The molecule has 2 N–H and O–H groups in total. The molecule has 0 fully saturated rings. The molecular weight excluding hydrogens is 389 g/mol. The lowest BCUT2D eigenvalue weighted by atomic mass is 10.3. The predicted octanol–water partition coefficient (Wildman–Crippen LogP) is 2.92. The molecule has 0 aromatic heterocycles. The van der Waals surface area contributed by atoms with Gasteiger partial charge in [-0.1, -0.05) is 32.1 Å². The minimum atomic E-state index is -4.15. The maximum absolute atomic E-state index is 11.9. The molecule has 1 aromatic rings. The molecule has 28 heavy (non-hydrogen) atoms. The number of rotatable bonds is 14. The van der Waals surface area contributed by atoms with Crippen LogP contribution in [-0.4, -0.2) is 49.8 Å². The van der Waals surface area contributed by atoms with Crippen molar-refractivity contribution in [2.24, 2.45) is 0 Å². The van der Waals surface area contributed by atoms with E-state index in [9.17, 15) is 19.0 Å². The van der Waals surface area contributed by atoms with Gasteiger partial charge in [0.1, 0.15) is 25.7 Å². The summed E-state index contributed by atoms with van der Waals surface area (Å²) in [5.41, 5.74) is 0. The molecule has 0 radical (unpaired) electrons. The monoisotopic (exact) mass is 415 g/mol. The fourth-order valence-electron chi connectivity index (χ4n) is 1.93. The first-order chi connectivity index (χ1) is 13.4. The Morgan fingerprint density at radius 3 is 2.71 bits per heavy atom. The summed E-state index contributed by atoms with van der Waals surface area (Å²) in [5.74, 6) is 0.290. The molecule has 0 aliphatic rings. The van der Waals surface area contributed by atoms with Gasteiger partial charge in [-0.3, -0.25) is 0 Å². The van der Waals surface area contributed by atoms with Crippen LogP contribution in [0, 0.1) is 0 Å². The van der Waals surface area contributed by atoms with Crippen LogP contribution < -0.4 is 19.3 Å². The first kappa shape index (κ1) is 23.5. The number of amides is 1. The number of alkyl carbamates (subject to hydrolysis) is 1. The van der Waals surface area contributed by atoms with Crippen molar-refractivity contribution in [2.75, 3.05) is 32.5 Å². The minimum Gasteiger partial charge on any atom is -0.488 e. The van der Waals surface area contributed by atoms with E-state index in [1.54, 1.807) is 12.1 Å². The summed E-state index contributed by atoms with van der Waals surface area (Å²) >= 11 is 0. The van der Waals surface area contributed by atoms with Crippen molar-refractivity contribution in [3.63, 3.8) is 0 Å². The summed E-state index contributed by atoms with van der Waals surface area (Å²) in [7, 11) is -4.15. The van der Waals surface area contributed by atoms with Crippen molar-refractivity contribution in [2.45, 2.75) is 19.8 Å². The lowest BCUT2D eigenvalue weighted by molar-refractivity contribution is -0.106. The number of para-hydroxylation sites is 1. The zero-order valence-electron chi connectivity index (χ0n) is 15.8. The van der Waals surface area contributed by atoms with Crippen molar-refractivity contribution in [3.05, 3.63) is 30.9 Å². The van der Waals surface area contributed by atoms with Crippen molar-refractivity contribution in [3.8, 4) is 17.2 Å². The molecular formula is C18H26NO8P. The highest BCUT2D eigenvalue weighted by Crippen LogP contribution is 2.47. The molecule has 156 valence electrons. The number of unbranched alkanes of at least 4 members (excludes halogenated alkanes) is 1. The Balaban J connectivity index is 2.72. The van der Waals surface area contributed by atoms with Crippen molar-refractivity contribution < 1.29 is 37.8 Å². The SMILES string of the molecule is C=CCOc1c(OCCNC(=O)OCCCC)cccc1OP(=O)(O)CC=O. The number of aldehydes is 1. The number of hydrogen-bond acceptors (Lipinski definition) is 7. The Hall–Kier alpha value is -2.51. The van der Waals surface area contributed by atoms with E-state index in [1.807, 2.05) is 6.92 Å². The maximum Gasteiger partial charge on any atom is 0.407 e. The summed E-state index contributed by atoms with van der Waals surface area (Å²) in [6.07, 6.45) is 2.32. The molecule has 10 heteroatoms. The Bertz CT molecular complexity index is 694. The topological polar surface area (TPSA) is 120 Å². The highest BCUT2D eigenvalue weighted by Gasteiger charge is 2.24. The van der Waals surface area contributed by atoms with Crippen LogP contribution in [0.1, 0.15) is 19.8 Å². The normalized spacial score (nSPS) is 12.4. The number of nitrogens with one attached hydrogen (secondary N) is 1. The average molecular weight is 415 g/mol. The van der Waals surface area contributed by atoms with Crippen LogP contribution in [0.2, 0.25) is 0 Å². The average Bonchev–Trinajstić information content (AvgIpc) is 2.64. The minimum absolute atomic E-state index is 0.0426. The lowest BCUT2D eigenvalue weighted by Gasteiger charge is -2.18. The number of ether oxygens (including phenoxy) is 3. The van der Waals surface area contributed by atoms with E-state index in [0.717, 1.165) is 12.8 Å². The van der Waals surface area contributed by atoms with Gasteiger partial charge in [0.15, 0.2) is 11.5 Å². The second-order valence-electron chi connectivity index (χ2n) is 5.53. The Labute approximate surface area is 164 Å². The van der Waals surface area contributed by atoms with Gasteiger partial charge < -0.3 is 33.7 Å². The molecule has 0 aliphatic heterocycles. The van der Waals surface area contributed by atoms with Crippen LogP contribution in [0.3, 0.4) is 0 Å². The molecule has 0 bridgehead atoms. The number of hydrogen-bond donors (Lipinski definition) is 2. The number of carbonyl (C=O) groups excluding carboxylic acids is 2. The van der Waals surface area contributed by atoms with E-state index >= 15 is 0 Å². The standard InChI is InChI=1S/C18H26NO8P/c1-3-5-12-26-18(21)19-9-13-24-15-7-6-8-16(17(15)25-11-4-2)27-28(22,23)14-10-20/h4,6-8,10H,2-3,5,9,11-14H2,1H3,(H,19,21)(H,22,23). The highest BCUT2D eigenvalue weighted by molar-refractivity contribution is 7.54. The Kier molecular flexibility index (Phi) is 10.8. The van der Waals surface area contributed by atoms with Gasteiger partial charge in [-0.2, -0.15) is 0 Å². The molecule has 1 atom stereocenters. The fourth-order valence-corrected chi connectivity index (χ4v) is 2.64. The largest absolute Gasteiger partial charge is 0.488 e. The first-order valence-corrected chi connectivity index (χ1v) is 10.5. The quantitative estimate of drug-likeness (QED) is 0.206. The van der Waals surface area contributed by atoms with Gasteiger partial charge in [0.2, 0.25) is 5.75 Å². The summed E-state index contributed by atoms with van der Waals surface area (Å²) in [4.78, 5) is 31.7. The third-order valence-corrected chi connectivity index (χ3v) is 4.29. The summed E-state index contributed by atoms with van der Waals surface area (Å²) in [6, 6.07) is 4.54. The van der Waals surface area contributed by atoms with Crippen molar-refractivity contribution in [1.29, 1.82) is 0 Å². The first-order valence-electron chi connectivity index (χ1n) is 8.78. The number of carbonyl (C=O) groups is 2. The van der Waals surface area contributed by atoms with E-state index in [-0.39, 0.29) is 37.0 Å². The van der Waals surface area contributed by atoms with E-state index in [2.05, 4.69) is 11.9 Å². The molecule has 0 spiro atoms. The van der Waals surface area contributed by atoms with Crippen LogP contribution >= 0.6 is 7.60 Å². The van der Waals surface area contributed by atoms with Gasteiger partial charge in [-0.05, 0) is 18.6 Å². The van der Waals surface area contributed by atoms with E-state index < -0.39 is 19.9 Å².